The maximum Gasteiger partial charge on any atom is 0.194 e. The zero-order valence-corrected chi connectivity index (χ0v) is 20.6. The van der Waals surface area contributed by atoms with E-state index in [1.807, 2.05) is 18.5 Å². The summed E-state index contributed by atoms with van der Waals surface area (Å²) in [7, 11) is 3.74. The first-order valence-electron chi connectivity index (χ1n) is 10.8. The molecule has 9 heteroatoms. The molecule has 0 bridgehead atoms. The topological polar surface area (TPSA) is 70.8 Å². The molecular formula is C20H38IN7O. The highest BCUT2D eigenvalue weighted by Gasteiger charge is 2.27. The molecule has 0 radical (unpaired) electrons. The Balaban J connectivity index is 0.00000300. The number of halogens is 1. The molecule has 2 saturated heterocycles. The number of likely N-dealkylation sites (tertiary alicyclic amines) is 2. The third kappa shape index (κ3) is 7.36. The van der Waals surface area contributed by atoms with Crippen molar-refractivity contribution in [3.05, 3.63) is 11.6 Å². The van der Waals surface area contributed by atoms with Gasteiger partial charge in [0.15, 0.2) is 11.8 Å². The maximum atomic E-state index is 5.18. The van der Waals surface area contributed by atoms with Crippen molar-refractivity contribution in [3.63, 3.8) is 0 Å². The normalized spacial score (nSPS) is 20.7. The van der Waals surface area contributed by atoms with E-state index in [-0.39, 0.29) is 24.0 Å². The van der Waals surface area contributed by atoms with E-state index in [0.717, 1.165) is 56.2 Å². The summed E-state index contributed by atoms with van der Waals surface area (Å²) in [5, 5.41) is 11.9. The monoisotopic (exact) mass is 519 g/mol. The van der Waals surface area contributed by atoms with Crippen molar-refractivity contribution >= 4 is 29.9 Å². The number of hydrogen-bond acceptors (Lipinski definition) is 5. The van der Waals surface area contributed by atoms with Crippen LogP contribution in [0.5, 0.6) is 0 Å². The van der Waals surface area contributed by atoms with Gasteiger partial charge in [-0.25, -0.2) is 4.99 Å². The van der Waals surface area contributed by atoms with Gasteiger partial charge < -0.3 is 24.4 Å². The summed E-state index contributed by atoms with van der Waals surface area (Å²) in [5.41, 5.74) is 0. The lowest BCUT2D eigenvalue weighted by atomic mass is 10.1. The van der Waals surface area contributed by atoms with E-state index in [1.54, 1.807) is 7.11 Å². The Kier molecular flexibility index (Phi) is 10.6. The van der Waals surface area contributed by atoms with Crippen LogP contribution in [0, 0.1) is 12.8 Å². The van der Waals surface area contributed by atoms with Crippen molar-refractivity contribution in [1.29, 1.82) is 0 Å². The molecule has 0 aromatic carbocycles. The molecule has 0 saturated carbocycles. The van der Waals surface area contributed by atoms with Crippen LogP contribution in [-0.4, -0.2) is 83.5 Å². The number of ether oxygens (including phenoxy) is 1. The Morgan fingerprint density at radius 3 is 2.69 bits per heavy atom. The van der Waals surface area contributed by atoms with Gasteiger partial charge >= 0.3 is 0 Å². The van der Waals surface area contributed by atoms with E-state index < -0.39 is 0 Å². The standard InChI is InChI=1S/C20H37N7O.HI/c1-17-23-24-19(25(17)2)14-22-20(21-9-7-13-28-3)27-12-8-18(16-27)15-26-10-5-4-6-11-26;/h18H,4-16H2,1-3H3,(H,21,22);1H. The van der Waals surface area contributed by atoms with Gasteiger partial charge in [0.25, 0.3) is 0 Å². The highest BCUT2D eigenvalue weighted by Crippen LogP contribution is 2.20. The highest BCUT2D eigenvalue weighted by molar-refractivity contribution is 14.0. The highest BCUT2D eigenvalue weighted by atomic mass is 127. The molecule has 1 aromatic rings. The lowest BCUT2D eigenvalue weighted by molar-refractivity contribution is 0.195. The molecule has 3 heterocycles. The van der Waals surface area contributed by atoms with Crippen molar-refractivity contribution in [2.45, 2.75) is 45.6 Å². The van der Waals surface area contributed by atoms with Gasteiger partial charge in [0, 0.05) is 46.9 Å². The minimum Gasteiger partial charge on any atom is -0.385 e. The molecule has 8 nitrogen and oxygen atoms in total. The third-order valence-electron chi connectivity index (χ3n) is 5.91. The number of aryl methyl sites for hydroxylation is 1. The summed E-state index contributed by atoms with van der Waals surface area (Å²) < 4.78 is 7.19. The zero-order valence-electron chi connectivity index (χ0n) is 18.3. The quantitative estimate of drug-likeness (QED) is 0.245. The largest absolute Gasteiger partial charge is 0.385 e. The van der Waals surface area contributed by atoms with Crippen LogP contribution < -0.4 is 5.32 Å². The second-order valence-electron chi connectivity index (χ2n) is 8.10. The summed E-state index contributed by atoms with van der Waals surface area (Å²) in [6.07, 6.45) is 6.35. The average molecular weight is 519 g/mol. The number of nitrogens with zero attached hydrogens (tertiary/aromatic N) is 6. The minimum absolute atomic E-state index is 0. The second kappa shape index (κ2) is 12.7. The Labute approximate surface area is 192 Å². The molecule has 0 aliphatic carbocycles. The molecular weight excluding hydrogens is 481 g/mol. The number of rotatable bonds is 8. The molecule has 1 aromatic heterocycles. The molecule has 2 aliphatic rings. The Morgan fingerprint density at radius 1 is 1.21 bits per heavy atom. The number of guanidine groups is 1. The molecule has 1 atom stereocenters. The molecule has 0 amide bonds. The Morgan fingerprint density at radius 2 is 2.00 bits per heavy atom. The van der Waals surface area contributed by atoms with E-state index in [0.29, 0.717) is 6.54 Å². The van der Waals surface area contributed by atoms with E-state index in [4.69, 9.17) is 9.73 Å². The van der Waals surface area contributed by atoms with E-state index >= 15 is 0 Å². The van der Waals surface area contributed by atoms with Gasteiger partial charge in [-0.05, 0) is 51.6 Å². The molecule has 2 aliphatic heterocycles. The first-order chi connectivity index (χ1) is 13.7. The minimum atomic E-state index is 0. The van der Waals surface area contributed by atoms with Crippen LogP contribution in [-0.2, 0) is 18.3 Å². The van der Waals surface area contributed by atoms with Gasteiger partial charge in [0.2, 0.25) is 0 Å². The number of methoxy groups -OCH3 is 1. The van der Waals surface area contributed by atoms with Gasteiger partial charge in [-0.2, -0.15) is 0 Å². The van der Waals surface area contributed by atoms with E-state index in [9.17, 15) is 0 Å². The molecule has 166 valence electrons. The summed E-state index contributed by atoms with van der Waals surface area (Å²) in [4.78, 5) is 9.96. The van der Waals surface area contributed by atoms with Crippen molar-refractivity contribution in [1.82, 2.24) is 29.9 Å². The van der Waals surface area contributed by atoms with E-state index in [1.165, 1.54) is 45.3 Å². The third-order valence-corrected chi connectivity index (χ3v) is 5.91. The fourth-order valence-electron chi connectivity index (χ4n) is 4.10. The number of piperidine rings is 1. The van der Waals surface area contributed by atoms with Crippen molar-refractivity contribution in [2.75, 3.05) is 53.0 Å². The van der Waals surface area contributed by atoms with Crippen LogP contribution in [0.4, 0.5) is 0 Å². The predicted octanol–water partition coefficient (Wildman–Crippen LogP) is 2.03. The van der Waals surface area contributed by atoms with Gasteiger partial charge in [-0.15, -0.1) is 34.2 Å². The van der Waals surface area contributed by atoms with Crippen LogP contribution >= 0.6 is 24.0 Å². The lowest BCUT2D eigenvalue weighted by Crippen LogP contribution is -2.42. The number of aliphatic imine (C=N–C) groups is 1. The van der Waals surface area contributed by atoms with Crippen LogP contribution in [0.1, 0.15) is 43.8 Å². The summed E-state index contributed by atoms with van der Waals surface area (Å²) in [5.74, 6) is 3.55. The van der Waals surface area contributed by atoms with Crippen LogP contribution in [0.25, 0.3) is 0 Å². The summed E-state index contributed by atoms with van der Waals surface area (Å²) in [6, 6.07) is 0. The average Bonchev–Trinajstić information content (AvgIpc) is 3.30. The number of aromatic nitrogens is 3. The Bertz CT molecular complexity index is 630. The van der Waals surface area contributed by atoms with Gasteiger partial charge in [-0.1, -0.05) is 6.42 Å². The SMILES string of the molecule is COCCCNC(=NCc1nnc(C)n1C)N1CCC(CN2CCCCC2)C1.I. The summed E-state index contributed by atoms with van der Waals surface area (Å²) in [6.45, 7) is 10.1. The molecule has 1 N–H and O–H groups in total. The van der Waals surface area contributed by atoms with Crippen LogP contribution in [0.15, 0.2) is 4.99 Å². The predicted molar refractivity (Wildman–Crippen MR) is 127 cm³/mol. The zero-order chi connectivity index (χ0) is 19.8. The Hall–Kier alpha value is -0.940. The fraction of sp³-hybridized carbons (Fsp3) is 0.850. The van der Waals surface area contributed by atoms with Crippen LogP contribution in [0.2, 0.25) is 0 Å². The smallest absolute Gasteiger partial charge is 0.194 e. The number of nitrogens with one attached hydrogen (secondary N) is 1. The lowest BCUT2D eigenvalue weighted by Gasteiger charge is -2.29. The molecule has 3 rings (SSSR count). The van der Waals surface area contributed by atoms with Gasteiger partial charge in [0.05, 0.1) is 0 Å². The van der Waals surface area contributed by atoms with Crippen molar-refractivity contribution in [3.8, 4) is 0 Å². The van der Waals surface area contributed by atoms with Crippen LogP contribution in [0.3, 0.4) is 0 Å². The first kappa shape index (κ1) is 24.3. The van der Waals surface area contributed by atoms with Crippen molar-refractivity contribution < 1.29 is 4.74 Å². The fourth-order valence-corrected chi connectivity index (χ4v) is 4.10. The molecule has 29 heavy (non-hydrogen) atoms. The van der Waals surface area contributed by atoms with E-state index in [2.05, 4.69) is 25.3 Å². The van der Waals surface area contributed by atoms with Gasteiger partial charge in [-0.3, -0.25) is 0 Å². The molecule has 1 unspecified atom stereocenters. The number of hydrogen-bond donors (Lipinski definition) is 1. The van der Waals surface area contributed by atoms with Crippen molar-refractivity contribution in [2.24, 2.45) is 18.0 Å². The molecule has 2 fully saturated rings. The first-order valence-corrected chi connectivity index (χ1v) is 10.8. The molecule has 0 spiro atoms. The van der Waals surface area contributed by atoms with Gasteiger partial charge in [0.1, 0.15) is 12.4 Å². The summed E-state index contributed by atoms with van der Waals surface area (Å²) >= 11 is 0. The second-order valence-corrected chi connectivity index (χ2v) is 8.10. The maximum absolute atomic E-state index is 5.18.